The molecule has 0 aliphatic rings. The zero-order chi connectivity index (χ0) is 21.6. The maximum atomic E-state index is 12.9. The molecule has 0 aliphatic heterocycles. The van der Waals surface area contributed by atoms with Gasteiger partial charge in [0.05, 0.1) is 11.6 Å². The number of carbonyl (C=O) groups is 1. The quantitative estimate of drug-likeness (QED) is 0.422. The Labute approximate surface area is 181 Å². The number of hydrogen-bond donors (Lipinski definition) is 1. The molecule has 1 N–H and O–H groups in total. The monoisotopic (exact) mass is 441 g/mol. The van der Waals surface area contributed by atoms with E-state index in [0.717, 1.165) is 0 Å². The number of nitrogens with one attached hydrogen (secondary N) is 1. The summed E-state index contributed by atoms with van der Waals surface area (Å²) in [6, 6.07) is 16.1. The summed E-state index contributed by atoms with van der Waals surface area (Å²) in [5.74, 6) is 0.561. The fraction of sp³-hybridized carbons (Fsp3) is 0.143. The molecule has 0 radical (unpaired) electrons. The van der Waals surface area contributed by atoms with Crippen LogP contribution in [0.3, 0.4) is 0 Å². The van der Waals surface area contributed by atoms with Crippen LogP contribution < -0.4 is 14.8 Å². The van der Waals surface area contributed by atoms with Crippen molar-refractivity contribution < 1.29 is 18.7 Å². The molecule has 0 bridgehead atoms. The molecule has 2 aromatic carbocycles. The number of rotatable bonds is 8. The number of aromatic nitrogens is 4. The van der Waals surface area contributed by atoms with E-state index in [0.29, 0.717) is 33.7 Å². The molecule has 0 saturated heterocycles. The minimum atomic E-state index is -0.369. The van der Waals surface area contributed by atoms with E-state index in [-0.39, 0.29) is 31.5 Å². The molecule has 4 aromatic rings. The Hall–Kier alpha value is -3.72. The minimum Gasteiger partial charge on any atom is -0.484 e. The van der Waals surface area contributed by atoms with Gasteiger partial charge in [-0.15, -0.1) is 15.3 Å². The molecule has 0 aliphatic carbocycles. The van der Waals surface area contributed by atoms with Crippen LogP contribution in [-0.4, -0.2) is 45.5 Å². The van der Waals surface area contributed by atoms with Crippen LogP contribution in [0.1, 0.15) is 0 Å². The van der Waals surface area contributed by atoms with Crippen molar-refractivity contribution in [3.05, 3.63) is 71.5 Å². The van der Waals surface area contributed by atoms with Gasteiger partial charge in [0.25, 0.3) is 5.91 Å². The average molecular weight is 442 g/mol. The van der Waals surface area contributed by atoms with E-state index in [1.165, 1.54) is 24.3 Å². The van der Waals surface area contributed by atoms with Crippen LogP contribution in [0.2, 0.25) is 5.02 Å². The normalized spacial score (nSPS) is 10.8. The van der Waals surface area contributed by atoms with Crippen molar-refractivity contribution >= 4 is 23.2 Å². The van der Waals surface area contributed by atoms with Crippen LogP contribution in [0.25, 0.3) is 17.0 Å². The summed E-state index contributed by atoms with van der Waals surface area (Å²) >= 11 is 6.25. The largest absolute Gasteiger partial charge is 0.484 e. The number of carbonyl (C=O) groups excluding carboxylic acids is 1. The predicted molar refractivity (Wildman–Crippen MR) is 112 cm³/mol. The number of fused-ring (bicyclic) bond motifs is 1. The number of ether oxygens (including phenoxy) is 2. The molecule has 0 fully saturated rings. The van der Waals surface area contributed by atoms with E-state index in [9.17, 15) is 9.18 Å². The first kappa shape index (κ1) is 20.5. The van der Waals surface area contributed by atoms with Gasteiger partial charge in [-0.3, -0.25) is 4.79 Å². The van der Waals surface area contributed by atoms with Gasteiger partial charge in [0, 0.05) is 11.6 Å². The van der Waals surface area contributed by atoms with Crippen LogP contribution in [0.15, 0.2) is 60.7 Å². The van der Waals surface area contributed by atoms with E-state index < -0.39 is 0 Å². The van der Waals surface area contributed by atoms with Crippen molar-refractivity contribution in [1.29, 1.82) is 0 Å². The van der Waals surface area contributed by atoms with Gasteiger partial charge in [0.1, 0.15) is 18.2 Å². The minimum absolute atomic E-state index is 0.183. The molecule has 4 rings (SSSR count). The third-order valence-corrected chi connectivity index (χ3v) is 4.54. The Morgan fingerprint density at radius 3 is 2.65 bits per heavy atom. The van der Waals surface area contributed by atoms with Crippen LogP contribution in [-0.2, 0) is 4.79 Å². The van der Waals surface area contributed by atoms with E-state index >= 15 is 0 Å². The summed E-state index contributed by atoms with van der Waals surface area (Å²) in [6.45, 7) is 0.271. The van der Waals surface area contributed by atoms with Gasteiger partial charge in [0.15, 0.2) is 18.1 Å². The molecule has 8 nitrogen and oxygen atoms in total. The van der Waals surface area contributed by atoms with Crippen molar-refractivity contribution in [2.45, 2.75) is 0 Å². The maximum absolute atomic E-state index is 12.9. The molecular formula is C21H17ClFN5O3. The van der Waals surface area contributed by atoms with Crippen molar-refractivity contribution in [2.75, 3.05) is 19.8 Å². The molecule has 2 aromatic heterocycles. The third kappa shape index (κ3) is 5.07. The highest BCUT2D eigenvalue weighted by atomic mass is 35.5. The lowest BCUT2D eigenvalue weighted by Crippen LogP contribution is -2.32. The highest BCUT2D eigenvalue weighted by molar-refractivity contribution is 6.33. The first-order valence-corrected chi connectivity index (χ1v) is 9.73. The standard InChI is InChI=1S/C21H17ClFN5O3/c22-17-4-2-1-3-16(17)21-26-25-18-9-10-20(27-28(18)21)30-12-11-24-19(29)13-31-15-7-5-14(23)6-8-15/h1-10H,11-13H2,(H,24,29). The van der Waals surface area contributed by atoms with Gasteiger partial charge in [-0.1, -0.05) is 23.7 Å². The first-order chi connectivity index (χ1) is 15.1. The predicted octanol–water partition coefficient (Wildman–Crippen LogP) is 3.16. The van der Waals surface area contributed by atoms with Crippen molar-refractivity contribution in [1.82, 2.24) is 25.1 Å². The van der Waals surface area contributed by atoms with Gasteiger partial charge < -0.3 is 14.8 Å². The Morgan fingerprint density at radius 1 is 1.03 bits per heavy atom. The number of benzene rings is 2. The molecule has 0 saturated carbocycles. The molecule has 0 atom stereocenters. The van der Waals surface area contributed by atoms with Gasteiger partial charge in [-0.25, -0.2) is 4.39 Å². The lowest BCUT2D eigenvalue weighted by molar-refractivity contribution is -0.123. The third-order valence-electron chi connectivity index (χ3n) is 4.21. The average Bonchev–Trinajstić information content (AvgIpc) is 3.20. The summed E-state index contributed by atoms with van der Waals surface area (Å²) in [5.41, 5.74) is 1.25. The molecule has 10 heteroatoms. The maximum Gasteiger partial charge on any atom is 0.258 e. The number of hydrogen-bond acceptors (Lipinski definition) is 6. The Morgan fingerprint density at radius 2 is 1.84 bits per heavy atom. The number of amides is 1. The Bertz CT molecular complexity index is 1200. The van der Waals surface area contributed by atoms with Gasteiger partial charge in [-0.05, 0) is 42.5 Å². The summed E-state index contributed by atoms with van der Waals surface area (Å²) in [7, 11) is 0. The van der Waals surface area contributed by atoms with Gasteiger partial charge in [0.2, 0.25) is 5.88 Å². The Kier molecular flexibility index (Phi) is 6.23. The van der Waals surface area contributed by atoms with Crippen molar-refractivity contribution in [3.8, 4) is 23.0 Å². The fourth-order valence-corrected chi connectivity index (χ4v) is 2.96. The van der Waals surface area contributed by atoms with Crippen LogP contribution in [0, 0.1) is 5.82 Å². The SMILES string of the molecule is O=C(COc1ccc(F)cc1)NCCOc1ccc2nnc(-c3ccccc3Cl)n2n1. The van der Waals surface area contributed by atoms with Crippen LogP contribution in [0.4, 0.5) is 4.39 Å². The highest BCUT2D eigenvalue weighted by Gasteiger charge is 2.13. The van der Waals surface area contributed by atoms with Crippen LogP contribution in [0.5, 0.6) is 11.6 Å². The first-order valence-electron chi connectivity index (χ1n) is 9.35. The molecule has 31 heavy (non-hydrogen) atoms. The zero-order valence-corrected chi connectivity index (χ0v) is 16.9. The smallest absolute Gasteiger partial charge is 0.258 e. The lowest BCUT2D eigenvalue weighted by atomic mass is 10.2. The van der Waals surface area contributed by atoms with Gasteiger partial charge in [-0.2, -0.15) is 4.52 Å². The Balaban J connectivity index is 1.30. The topological polar surface area (TPSA) is 90.6 Å². The number of nitrogens with zero attached hydrogens (tertiary/aromatic N) is 4. The van der Waals surface area contributed by atoms with E-state index in [1.54, 1.807) is 22.7 Å². The van der Waals surface area contributed by atoms with Crippen molar-refractivity contribution in [3.63, 3.8) is 0 Å². The molecule has 2 heterocycles. The lowest BCUT2D eigenvalue weighted by Gasteiger charge is -2.09. The molecule has 0 unspecified atom stereocenters. The summed E-state index contributed by atoms with van der Waals surface area (Å²) in [5, 5.41) is 15.9. The van der Waals surface area contributed by atoms with Crippen LogP contribution >= 0.6 is 11.6 Å². The summed E-state index contributed by atoms with van der Waals surface area (Å²) < 4.78 is 25.3. The van der Waals surface area contributed by atoms with E-state index in [4.69, 9.17) is 21.1 Å². The fourth-order valence-electron chi connectivity index (χ4n) is 2.74. The summed E-state index contributed by atoms with van der Waals surface area (Å²) in [4.78, 5) is 11.9. The highest BCUT2D eigenvalue weighted by Crippen LogP contribution is 2.26. The van der Waals surface area contributed by atoms with Crippen molar-refractivity contribution in [2.24, 2.45) is 0 Å². The molecule has 1 amide bonds. The molecular weight excluding hydrogens is 425 g/mol. The molecule has 158 valence electrons. The van der Waals surface area contributed by atoms with E-state index in [1.807, 2.05) is 18.2 Å². The summed E-state index contributed by atoms with van der Waals surface area (Å²) in [6.07, 6.45) is 0. The molecule has 0 spiro atoms. The zero-order valence-electron chi connectivity index (χ0n) is 16.2. The number of halogens is 2. The second-order valence-electron chi connectivity index (χ2n) is 6.39. The van der Waals surface area contributed by atoms with Gasteiger partial charge >= 0.3 is 0 Å². The second-order valence-corrected chi connectivity index (χ2v) is 6.79. The van der Waals surface area contributed by atoms with E-state index in [2.05, 4.69) is 20.6 Å². The second kappa shape index (κ2) is 9.40.